The van der Waals surface area contributed by atoms with Crippen molar-refractivity contribution < 1.29 is 22.7 Å². The van der Waals surface area contributed by atoms with Crippen LogP contribution in [0.1, 0.15) is 25.7 Å². The fraction of sp³-hybridized carbons (Fsp3) is 0.917. The van der Waals surface area contributed by atoms with Crippen LogP contribution in [0.3, 0.4) is 0 Å². The maximum Gasteiger partial charge on any atom is 0.411 e. The summed E-state index contributed by atoms with van der Waals surface area (Å²) in [4.78, 5) is 11.9. The summed E-state index contributed by atoms with van der Waals surface area (Å²) in [5.41, 5.74) is 5.63. The van der Waals surface area contributed by atoms with Crippen LogP contribution in [0.25, 0.3) is 0 Å². The minimum absolute atomic E-state index is 0.0999. The fourth-order valence-corrected chi connectivity index (χ4v) is 2.40. The zero-order valence-corrected chi connectivity index (χ0v) is 10.8. The van der Waals surface area contributed by atoms with Crippen LogP contribution >= 0.6 is 0 Å². The molecule has 3 N–H and O–H groups in total. The van der Waals surface area contributed by atoms with E-state index in [0.717, 1.165) is 25.7 Å². The van der Waals surface area contributed by atoms with E-state index in [0.29, 0.717) is 6.54 Å². The molecule has 2 unspecified atom stereocenters. The third kappa shape index (κ3) is 6.24. The number of nitrogens with one attached hydrogen (secondary N) is 1. The highest BCUT2D eigenvalue weighted by molar-refractivity contribution is 5.79. The monoisotopic (exact) mass is 282 g/mol. The maximum atomic E-state index is 11.9. The number of rotatable bonds is 6. The lowest BCUT2D eigenvalue weighted by Crippen LogP contribution is -2.40. The van der Waals surface area contributed by atoms with Crippen LogP contribution in [-0.4, -0.2) is 38.4 Å². The van der Waals surface area contributed by atoms with Gasteiger partial charge in [-0.15, -0.1) is 0 Å². The van der Waals surface area contributed by atoms with E-state index in [2.05, 4.69) is 10.1 Å². The maximum absolute atomic E-state index is 11.9. The molecule has 0 bridgehead atoms. The Hall–Kier alpha value is -0.820. The molecular weight excluding hydrogens is 261 g/mol. The van der Waals surface area contributed by atoms with E-state index in [-0.39, 0.29) is 30.9 Å². The predicted molar refractivity (Wildman–Crippen MR) is 64.4 cm³/mol. The van der Waals surface area contributed by atoms with Crippen molar-refractivity contribution in [1.82, 2.24) is 5.32 Å². The highest BCUT2D eigenvalue weighted by Crippen LogP contribution is 2.29. The Kier molecular flexibility index (Phi) is 6.57. The molecule has 1 aliphatic carbocycles. The SMILES string of the molecule is NCC1CCCCC1C(=O)NCCOCC(F)(F)F. The van der Waals surface area contributed by atoms with Gasteiger partial charge in [0.15, 0.2) is 0 Å². The van der Waals surface area contributed by atoms with Crippen LogP contribution in [0.15, 0.2) is 0 Å². The van der Waals surface area contributed by atoms with Gasteiger partial charge in [-0.25, -0.2) is 0 Å². The van der Waals surface area contributed by atoms with Crippen molar-refractivity contribution >= 4 is 5.91 Å². The van der Waals surface area contributed by atoms with E-state index in [9.17, 15) is 18.0 Å². The number of nitrogens with two attached hydrogens (primary N) is 1. The number of ether oxygens (including phenoxy) is 1. The molecule has 0 aromatic heterocycles. The second-order valence-electron chi connectivity index (χ2n) is 4.85. The number of carbonyl (C=O) groups is 1. The molecule has 0 aliphatic heterocycles. The average molecular weight is 282 g/mol. The van der Waals surface area contributed by atoms with Crippen molar-refractivity contribution in [3.8, 4) is 0 Å². The minimum Gasteiger partial charge on any atom is -0.370 e. The smallest absolute Gasteiger partial charge is 0.370 e. The normalized spacial score (nSPS) is 24.2. The van der Waals surface area contributed by atoms with Gasteiger partial charge in [-0.1, -0.05) is 12.8 Å². The Balaban J connectivity index is 2.19. The summed E-state index contributed by atoms with van der Waals surface area (Å²) >= 11 is 0. The van der Waals surface area contributed by atoms with Crippen LogP contribution in [0, 0.1) is 11.8 Å². The van der Waals surface area contributed by atoms with E-state index < -0.39 is 12.8 Å². The average Bonchev–Trinajstić information content (AvgIpc) is 2.36. The highest BCUT2D eigenvalue weighted by Gasteiger charge is 2.30. The summed E-state index contributed by atoms with van der Waals surface area (Å²) < 4.78 is 39.8. The molecule has 112 valence electrons. The third-order valence-corrected chi connectivity index (χ3v) is 3.36. The summed E-state index contributed by atoms with van der Waals surface area (Å²) in [6, 6.07) is 0. The molecule has 1 aliphatic rings. The first kappa shape index (κ1) is 16.2. The third-order valence-electron chi connectivity index (χ3n) is 3.36. The van der Waals surface area contributed by atoms with Crippen molar-refractivity contribution in [2.75, 3.05) is 26.3 Å². The van der Waals surface area contributed by atoms with Gasteiger partial charge in [0, 0.05) is 12.5 Å². The highest BCUT2D eigenvalue weighted by atomic mass is 19.4. The zero-order chi connectivity index (χ0) is 14.3. The summed E-state index contributed by atoms with van der Waals surface area (Å²) in [7, 11) is 0. The van der Waals surface area contributed by atoms with Crippen molar-refractivity contribution in [2.45, 2.75) is 31.9 Å². The Morgan fingerprint density at radius 2 is 2.00 bits per heavy atom. The molecule has 2 atom stereocenters. The van der Waals surface area contributed by atoms with Crippen molar-refractivity contribution in [3.63, 3.8) is 0 Å². The first-order chi connectivity index (χ1) is 8.94. The largest absolute Gasteiger partial charge is 0.411 e. The molecule has 0 radical (unpaired) electrons. The molecule has 0 heterocycles. The molecule has 19 heavy (non-hydrogen) atoms. The molecule has 1 fully saturated rings. The number of alkyl halides is 3. The van der Waals surface area contributed by atoms with Crippen molar-refractivity contribution in [1.29, 1.82) is 0 Å². The second-order valence-corrected chi connectivity index (χ2v) is 4.85. The molecule has 1 amide bonds. The van der Waals surface area contributed by atoms with Crippen molar-refractivity contribution in [2.24, 2.45) is 17.6 Å². The zero-order valence-electron chi connectivity index (χ0n) is 10.8. The topological polar surface area (TPSA) is 64.4 Å². The van der Waals surface area contributed by atoms with Gasteiger partial charge in [-0.3, -0.25) is 4.79 Å². The van der Waals surface area contributed by atoms with Gasteiger partial charge in [0.1, 0.15) is 6.61 Å². The minimum atomic E-state index is -4.32. The molecule has 0 saturated heterocycles. The van der Waals surface area contributed by atoms with E-state index in [1.807, 2.05) is 0 Å². The van der Waals surface area contributed by atoms with E-state index in [1.165, 1.54) is 0 Å². The molecular formula is C12H21F3N2O2. The Morgan fingerprint density at radius 1 is 1.32 bits per heavy atom. The van der Waals surface area contributed by atoms with Crippen LogP contribution in [0.2, 0.25) is 0 Å². The number of carbonyl (C=O) groups excluding carboxylic acids is 1. The summed E-state index contributed by atoms with van der Waals surface area (Å²) in [5, 5.41) is 2.62. The Bertz CT molecular complexity index is 285. The molecule has 0 aromatic rings. The van der Waals surface area contributed by atoms with Crippen LogP contribution in [0.4, 0.5) is 13.2 Å². The van der Waals surface area contributed by atoms with Crippen LogP contribution in [0.5, 0.6) is 0 Å². The Morgan fingerprint density at radius 3 is 2.63 bits per heavy atom. The molecule has 1 saturated carbocycles. The molecule has 4 nitrogen and oxygen atoms in total. The summed E-state index contributed by atoms with van der Waals surface area (Å²) in [6.07, 6.45) is -0.492. The molecule has 0 spiro atoms. The number of halogens is 3. The van der Waals surface area contributed by atoms with Crippen molar-refractivity contribution in [3.05, 3.63) is 0 Å². The van der Waals surface area contributed by atoms with E-state index >= 15 is 0 Å². The van der Waals surface area contributed by atoms with E-state index in [4.69, 9.17) is 5.73 Å². The lowest BCUT2D eigenvalue weighted by Gasteiger charge is -2.29. The lowest BCUT2D eigenvalue weighted by molar-refractivity contribution is -0.173. The Labute approximate surface area is 110 Å². The first-order valence-electron chi connectivity index (χ1n) is 6.56. The summed E-state index contributed by atoms with van der Waals surface area (Å²) in [5.74, 6) is -0.0445. The predicted octanol–water partition coefficient (Wildman–Crippen LogP) is 1.45. The van der Waals surface area contributed by atoms with Gasteiger partial charge in [0.05, 0.1) is 6.61 Å². The van der Waals surface area contributed by atoms with Gasteiger partial charge in [-0.05, 0) is 25.3 Å². The standard InChI is InChI=1S/C12H21F3N2O2/c13-12(14,15)8-19-6-5-17-11(18)10-4-2-1-3-9(10)7-16/h9-10H,1-8,16H2,(H,17,18). The van der Waals surface area contributed by atoms with Gasteiger partial charge in [-0.2, -0.15) is 13.2 Å². The number of amides is 1. The fourth-order valence-electron chi connectivity index (χ4n) is 2.40. The second kappa shape index (κ2) is 7.69. The van der Waals surface area contributed by atoms with Gasteiger partial charge in [0.25, 0.3) is 0 Å². The first-order valence-corrected chi connectivity index (χ1v) is 6.56. The molecule has 7 heteroatoms. The van der Waals surface area contributed by atoms with E-state index in [1.54, 1.807) is 0 Å². The van der Waals surface area contributed by atoms with Gasteiger partial charge >= 0.3 is 6.18 Å². The number of hydrogen-bond donors (Lipinski definition) is 2. The molecule has 0 aromatic carbocycles. The van der Waals surface area contributed by atoms with Crippen LogP contribution in [-0.2, 0) is 9.53 Å². The van der Waals surface area contributed by atoms with Gasteiger partial charge < -0.3 is 15.8 Å². The molecule has 1 rings (SSSR count). The summed E-state index contributed by atoms with van der Waals surface area (Å²) in [6.45, 7) is -0.839. The van der Waals surface area contributed by atoms with Gasteiger partial charge in [0.2, 0.25) is 5.91 Å². The number of hydrogen-bond acceptors (Lipinski definition) is 3. The quantitative estimate of drug-likeness (QED) is 0.725. The lowest BCUT2D eigenvalue weighted by atomic mass is 9.79. The van der Waals surface area contributed by atoms with Crippen LogP contribution < -0.4 is 11.1 Å².